The van der Waals surface area contributed by atoms with Gasteiger partial charge in [0.2, 0.25) is 5.91 Å². The molecule has 4 nitrogen and oxygen atoms in total. The van der Waals surface area contributed by atoms with Crippen molar-refractivity contribution in [2.75, 3.05) is 12.4 Å². The van der Waals surface area contributed by atoms with E-state index in [4.69, 9.17) is 27.9 Å². The quantitative estimate of drug-likeness (QED) is 0.460. The van der Waals surface area contributed by atoms with E-state index in [1.165, 1.54) is 35.8 Å². The maximum absolute atomic E-state index is 12.4. The molecule has 1 aliphatic carbocycles. The largest absolute Gasteiger partial charge is 0.465 e. The molecule has 1 aromatic carbocycles. The van der Waals surface area contributed by atoms with Crippen LogP contribution in [0.3, 0.4) is 0 Å². The second kappa shape index (κ2) is 9.59. The Morgan fingerprint density at radius 1 is 1.11 bits per heavy atom. The van der Waals surface area contributed by atoms with E-state index in [0.29, 0.717) is 20.6 Å². The number of methoxy groups -OCH3 is 1. The molecule has 28 heavy (non-hydrogen) atoms. The number of esters is 1. The third-order valence-corrected chi connectivity index (χ3v) is 6.61. The zero-order chi connectivity index (χ0) is 20.1. The Morgan fingerprint density at radius 2 is 1.86 bits per heavy atom. The number of hydrogen-bond donors (Lipinski definition) is 1. The number of aryl methyl sites for hydroxylation is 1. The number of fused-ring (bicyclic) bond motifs is 1. The van der Waals surface area contributed by atoms with Crippen molar-refractivity contribution < 1.29 is 14.3 Å². The molecule has 0 bridgehead atoms. The number of carbonyl (C=O) groups excluding carboxylic acids is 2. The number of thiophene rings is 1. The number of nitrogens with one attached hydrogen (secondary N) is 1. The average Bonchev–Trinajstić information content (AvgIpc) is 2.98. The van der Waals surface area contributed by atoms with Crippen LogP contribution < -0.4 is 5.32 Å². The minimum atomic E-state index is -0.401. The smallest absolute Gasteiger partial charge is 0.341 e. The van der Waals surface area contributed by atoms with E-state index in [-0.39, 0.29) is 5.91 Å². The summed E-state index contributed by atoms with van der Waals surface area (Å²) < 4.78 is 4.98. The summed E-state index contributed by atoms with van der Waals surface area (Å²) in [4.78, 5) is 26.0. The van der Waals surface area contributed by atoms with Crippen LogP contribution in [-0.4, -0.2) is 19.0 Å². The van der Waals surface area contributed by atoms with E-state index >= 15 is 0 Å². The Balaban J connectivity index is 1.83. The summed E-state index contributed by atoms with van der Waals surface area (Å²) >= 11 is 13.4. The third kappa shape index (κ3) is 4.96. The zero-order valence-electron chi connectivity index (χ0n) is 15.5. The van der Waals surface area contributed by atoms with Gasteiger partial charge >= 0.3 is 5.97 Å². The highest BCUT2D eigenvalue weighted by atomic mass is 35.5. The van der Waals surface area contributed by atoms with Crippen LogP contribution in [0.5, 0.6) is 0 Å². The molecule has 0 aliphatic heterocycles. The molecule has 0 saturated carbocycles. The fraction of sp³-hybridized carbons (Fsp3) is 0.333. The van der Waals surface area contributed by atoms with Crippen molar-refractivity contribution in [2.45, 2.75) is 38.5 Å². The van der Waals surface area contributed by atoms with Crippen molar-refractivity contribution in [3.63, 3.8) is 0 Å². The summed E-state index contributed by atoms with van der Waals surface area (Å²) in [7, 11) is 1.37. The van der Waals surface area contributed by atoms with E-state index in [0.717, 1.165) is 43.2 Å². The fourth-order valence-corrected chi connectivity index (χ4v) is 4.85. The van der Waals surface area contributed by atoms with Gasteiger partial charge in [0, 0.05) is 11.0 Å². The van der Waals surface area contributed by atoms with Crippen molar-refractivity contribution >= 4 is 57.5 Å². The van der Waals surface area contributed by atoms with Gasteiger partial charge < -0.3 is 10.1 Å². The van der Waals surface area contributed by atoms with Gasteiger partial charge in [-0.05, 0) is 55.0 Å². The summed E-state index contributed by atoms with van der Waals surface area (Å²) in [6, 6.07) is 5.13. The molecule has 0 saturated heterocycles. The molecule has 1 N–H and O–H groups in total. The first-order valence-corrected chi connectivity index (χ1v) is 10.7. The van der Waals surface area contributed by atoms with Gasteiger partial charge in [-0.25, -0.2) is 4.79 Å². The zero-order valence-corrected chi connectivity index (χ0v) is 17.8. The first-order chi connectivity index (χ1) is 13.5. The Bertz CT molecular complexity index is 921. The monoisotopic (exact) mass is 437 g/mol. The second-order valence-corrected chi connectivity index (χ2v) is 8.53. The molecule has 0 radical (unpaired) electrons. The summed E-state index contributed by atoms with van der Waals surface area (Å²) in [6.45, 7) is 0. The van der Waals surface area contributed by atoms with Crippen LogP contribution >= 0.6 is 34.5 Å². The lowest BCUT2D eigenvalue weighted by Crippen LogP contribution is -2.12. The molecule has 1 heterocycles. The first kappa shape index (κ1) is 20.9. The van der Waals surface area contributed by atoms with Crippen molar-refractivity contribution in [1.82, 2.24) is 0 Å². The van der Waals surface area contributed by atoms with Gasteiger partial charge in [0.15, 0.2) is 0 Å². The Morgan fingerprint density at radius 3 is 2.57 bits per heavy atom. The molecular formula is C21H21Cl2NO3S. The third-order valence-electron chi connectivity index (χ3n) is 4.67. The number of ether oxygens (including phenoxy) is 1. The minimum absolute atomic E-state index is 0.314. The van der Waals surface area contributed by atoms with E-state index in [2.05, 4.69) is 5.32 Å². The van der Waals surface area contributed by atoms with Crippen LogP contribution in [0.1, 0.15) is 52.0 Å². The maximum atomic E-state index is 12.4. The van der Waals surface area contributed by atoms with Crippen molar-refractivity contribution in [3.05, 3.63) is 55.9 Å². The van der Waals surface area contributed by atoms with Crippen molar-refractivity contribution in [2.24, 2.45) is 0 Å². The predicted octanol–water partition coefficient (Wildman–Crippen LogP) is 6.15. The van der Waals surface area contributed by atoms with E-state index in [1.807, 2.05) is 0 Å². The summed E-state index contributed by atoms with van der Waals surface area (Å²) in [5.41, 5.74) is 2.29. The Kier molecular flexibility index (Phi) is 7.16. The molecule has 0 atom stereocenters. The molecule has 0 unspecified atom stereocenters. The summed E-state index contributed by atoms with van der Waals surface area (Å²) in [6.07, 6.45) is 9.32. The number of benzene rings is 1. The van der Waals surface area contributed by atoms with Crippen LogP contribution in [0.15, 0.2) is 24.3 Å². The highest BCUT2D eigenvalue weighted by Gasteiger charge is 2.25. The van der Waals surface area contributed by atoms with E-state index in [9.17, 15) is 9.59 Å². The number of anilines is 1. The minimum Gasteiger partial charge on any atom is -0.465 e. The highest BCUT2D eigenvalue weighted by molar-refractivity contribution is 7.17. The summed E-state index contributed by atoms with van der Waals surface area (Å²) in [5.74, 6) is -0.715. The van der Waals surface area contributed by atoms with Crippen LogP contribution in [-0.2, 0) is 22.4 Å². The van der Waals surface area contributed by atoms with Gasteiger partial charge in [-0.2, -0.15) is 0 Å². The summed E-state index contributed by atoms with van der Waals surface area (Å²) in [5, 5.41) is 4.30. The van der Waals surface area contributed by atoms with E-state index in [1.54, 1.807) is 24.3 Å². The van der Waals surface area contributed by atoms with E-state index < -0.39 is 5.97 Å². The Labute approximate surface area is 178 Å². The lowest BCUT2D eigenvalue weighted by atomic mass is 9.96. The van der Waals surface area contributed by atoms with Gasteiger partial charge in [0.1, 0.15) is 5.00 Å². The molecule has 2 aromatic rings. The number of amides is 1. The first-order valence-electron chi connectivity index (χ1n) is 9.16. The van der Waals surface area contributed by atoms with Crippen molar-refractivity contribution in [1.29, 1.82) is 0 Å². The molecule has 1 aliphatic rings. The van der Waals surface area contributed by atoms with Gasteiger partial charge in [0.05, 0.1) is 22.7 Å². The maximum Gasteiger partial charge on any atom is 0.341 e. The predicted molar refractivity (Wildman–Crippen MR) is 116 cm³/mol. The van der Waals surface area contributed by atoms with Gasteiger partial charge in [0.25, 0.3) is 0 Å². The molecule has 3 rings (SSSR count). The number of halogens is 2. The molecule has 7 heteroatoms. The van der Waals surface area contributed by atoms with Crippen LogP contribution in [0.4, 0.5) is 5.00 Å². The molecule has 1 aromatic heterocycles. The molecule has 0 spiro atoms. The van der Waals surface area contributed by atoms with Crippen molar-refractivity contribution in [3.8, 4) is 0 Å². The molecule has 0 fully saturated rings. The van der Waals surface area contributed by atoms with Crippen LogP contribution in [0, 0.1) is 0 Å². The SMILES string of the molecule is COC(=O)c1c(NC(=O)C=Cc2ccc(Cl)c(Cl)c2)sc2c1CCCCCC2. The lowest BCUT2D eigenvalue weighted by Gasteiger charge is -2.10. The topological polar surface area (TPSA) is 55.4 Å². The lowest BCUT2D eigenvalue weighted by molar-refractivity contribution is -0.111. The van der Waals surface area contributed by atoms with Crippen LogP contribution in [0.2, 0.25) is 10.0 Å². The molecular weight excluding hydrogens is 417 g/mol. The molecule has 1 amide bonds. The highest BCUT2D eigenvalue weighted by Crippen LogP contribution is 2.37. The Hall–Kier alpha value is -1.82. The number of hydrogen-bond acceptors (Lipinski definition) is 4. The van der Waals surface area contributed by atoms with Crippen LogP contribution in [0.25, 0.3) is 6.08 Å². The second-order valence-electron chi connectivity index (χ2n) is 6.61. The average molecular weight is 438 g/mol. The van der Waals surface area contributed by atoms with Gasteiger partial charge in [-0.15, -0.1) is 11.3 Å². The number of carbonyl (C=O) groups is 2. The standard InChI is InChI=1S/C21H21Cl2NO3S/c1-27-21(26)19-14-6-4-2-3-5-7-17(14)28-20(19)24-18(25)11-9-13-8-10-15(22)16(23)12-13/h8-12H,2-7H2,1H3,(H,24,25). The van der Waals surface area contributed by atoms with Gasteiger partial charge in [-0.1, -0.05) is 42.1 Å². The number of rotatable bonds is 4. The van der Waals surface area contributed by atoms with Gasteiger partial charge in [-0.3, -0.25) is 4.79 Å². The fourth-order valence-electron chi connectivity index (χ4n) is 3.27. The molecule has 148 valence electrons. The normalized spacial score (nSPS) is 14.2.